The first-order valence-corrected chi connectivity index (χ1v) is 13.5. The molecule has 1 fully saturated rings. The summed E-state index contributed by atoms with van der Waals surface area (Å²) in [7, 11) is 0. The Hall–Kier alpha value is -2.42. The van der Waals surface area contributed by atoms with E-state index >= 15 is 4.39 Å². The van der Waals surface area contributed by atoms with Gasteiger partial charge in [0.15, 0.2) is 0 Å². The van der Waals surface area contributed by atoms with Gasteiger partial charge in [-0.05, 0) is 63.4 Å². The summed E-state index contributed by atoms with van der Waals surface area (Å²) in [5.41, 5.74) is 4.44. The number of aliphatic hydroxyl groups is 1. The van der Waals surface area contributed by atoms with E-state index < -0.39 is 17.9 Å². The number of aromatic nitrogens is 1. The highest BCUT2D eigenvalue weighted by Crippen LogP contribution is 2.44. The SMILES string of the molecule is CC(C)(C)OC(=O)N1CC(F)C(CN2CCCc3cc(Cl)cc(-c4ccnc5cc(CO)sc45)c32)C1. The van der Waals surface area contributed by atoms with Crippen LogP contribution in [0.3, 0.4) is 0 Å². The molecule has 192 valence electrons. The topological polar surface area (TPSA) is 65.9 Å². The monoisotopic (exact) mass is 531 g/mol. The molecule has 2 aliphatic rings. The molecule has 0 saturated carbocycles. The number of halogens is 2. The maximum atomic E-state index is 15.2. The van der Waals surface area contributed by atoms with E-state index in [-0.39, 0.29) is 19.1 Å². The molecule has 2 aromatic heterocycles. The van der Waals surface area contributed by atoms with Crippen molar-refractivity contribution in [3.63, 3.8) is 0 Å². The second-order valence-corrected chi connectivity index (χ2v) is 12.2. The van der Waals surface area contributed by atoms with E-state index in [2.05, 4.69) is 9.88 Å². The van der Waals surface area contributed by atoms with Crippen molar-refractivity contribution in [1.82, 2.24) is 9.88 Å². The predicted molar refractivity (Wildman–Crippen MR) is 143 cm³/mol. The van der Waals surface area contributed by atoms with Crippen LogP contribution < -0.4 is 4.90 Å². The van der Waals surface area contributed by atoms with Gasteiger partial charge in [-0.3, -0.25) is 4.98 Å². The van der Waals surface area contributed by atoms with Crippen LogP contribution in [0.1, 0.15) is 37.6 Å². The van der Waals surface area contributed by atoms with Crippen molar-refractivity contribution in [2.45, 2.75) is 52.0 Å². The minimum atomic E-state index is -1.12. The molecule has 3 aromatic rings. The van der Waals surface area contributed by atoms with Crippen molar-refractivity contribution in [3.05, 3.63) is 45.9 Å². The number of benzene rings is 1. The van der Waals surface area contributed by atoms with Gasteiger partial charge in [-0.25, -0.2) is 9.18 Å². The van der Waals surface area contributed by atoms with Crippen LogP contribution in [0.5, 0.6) is 0 Å². The number of carbonyl (C=O) groups is 1. The molecule has 0 radical (unpaired) electrons. The van der Waals surface area contributed by atoms with Gasteiger partial charge in [0.05, 0.1) is 23.4 Å². The van der Waals surface area contributed by atoms with Crippen LogP contribution in [0.25, 0.3) is 21.3 Å². The molecule has 0 aliphatic carbocycles. The van der Waals surface area contributed by atoms with E-state index in [1.54, 1.807) is 6.20 Å². The third-order valence-electron chi connectivity index (χ3n) is 6.72. The Morgan fingerprint density at radius 2 is 2.08 bits per heavy atom. The van der Waals surface area contributed by atoms with Crippen LogP contribution in [0.4, 0.5) is 14.9 Å². The van der Waals surface area contributed by atoms with E-state index in [4.69, 9.17) is 16.3 Å². The molecule has 0 bridgehead atoms. The Morgan fingerprint density at radius 1 is 1.28 bits per heavy atom. The van der Waals surface area contributed by atoms with Crippen LogP contribution in [0.2, 0.25) is 5.02 Å². The van der Waals surface area contributed by atoms with Gasteiger partial charge in [-0.2, -0.15) is 0 Å². The van der Waals surface area contributed by atoms with Gasteiger partial charge in [0.25, 0.3) is 0 Å². The second kappa shape index (κ2) is 9.80. The molecule has 2 atom stereocenters. The maximum Gasteiger partial charge on any atom is 0.410 e. The van der Waals surface area contributed by atoms with Crippen LogP contribution in [0.15, 0.2) is 30.5 Å². The number of ether oxygens (including phenoxy) is 1. The van der Waals surface area contributed by atoms with Crippen molar-refractivity contribution in [2.75, 3.05) is 31.1 Å². The quantitative estimate of drug-likeness (QED) is 0.443. The van der Waals surface area contributed by atoms with Crippen molar-refractivity contribution in [3.8, 4) is 11.1 Å². The van der Waals surface area contributed by atoms with E-state index in [1.165, 1.54) is 16.2 Å². The number of amides is 1. The molecule has 9 heteroatoms. The molecular formula is C27H31ClFN3O3S. The molecule has 4 heterocycles. The first-order chi connectivity index (χ1) is 17.1. The highest BCUT2D eigenvalue weighted by atomic mass is 35.5. The summed E-state index contributed by atoms with van der Waals surface area (Å²) in [4.78, 5) is 21.6. The highest BCUT2D eigenvalue weighted by molar-refractivity contribution is 7.19. The summed E-state index contributed by atoms with van der Waals surface area (Å²) in [6.45, 7) is 7.10. The number of aryl methyl sites for hydroxylation is 1. The molecule has 2 aliphatic heterocycles. The standard InChI is InChI=1S/C27H31ClFN3O3S/c1-27(2,3)35-26(34)32-13-17(22(29)14-32)12-31-8-4-5-16-9-18(28)10-21(24(16)31)20-6-7-30-23-11-19(15-33)36-25(20)23/h6-7,9-11,17,22,33H,4-5,8,12-15H2,1-3H3. The summed E-state index contributed by atoms with van der Waals surface area (Å²) < 4.78 is 21.6. The minimum absolute atomic E-state index is 0.0338. The van der Waals surface area contributed by atoms with Crippen molar-refractivity contribution >= 4 is 44.9 Å². The number of anilines is 1. The Bertz CT molecular complexity index is 1290. The van der Waals surface area contributed by atoms with Gasteiger partial charge < -0.3 is 19.6 Å². The lowest BCUT2D eigenvalue weighted by molar-refractivity contribution is 0.0281. The summed E-state index contributed by atoms with van der Waals surface area (Å²) in [6.07, 6.45) is 2.05. The third-order valence-corrected chi connectivity index (χ3v) is 8.08. The first-order valence-electron chi connectivity index (χ1n) is 12.3. The number of rotatable bonds is 4. The number of pyridine rings is 1. The number of thiophene rings is 1. The van der Waals surface area contributed by atoms with Crippen molar-refractivity contribution in [1.29, 1.82) is 0 Å². The summed E-state index contributed by atoms with van der Waals surface area (Å²) in [6, 6.07) is 7.87. The zero-order valence-electron chi connectivity index (χ0n) is 20.8. The smallest absolute Gasteiger partial charge is 0.410 e. The summed E-state index contributed by atoms with van der Waals surface area (Å²) in [5, 5.41) is 10.3. The minimum Gasteiger partial charge on any atom is -0.444 e. The molecule has 5 rings (SSSR count). The molecule has 36 heavy (non-hydrogen) atoms. The van der Waals surface area contributed by atoms with Crippen molar-refractivity contribution < 1.29 is 19.0 Å². The lowest BCUT2D eigenvalue weighted by Crippen LogP contribution is -2.38. The molecule has 0 spiro atoms. The third kappa shape index (κ3) is 5.04. The average molecular weight is 532 g/mol. The number of fused-ring (bicyclic) bond motifs is 2. The fourth-order valence-electron chi connectivity index (χ4n) is 5.22. The predicted octanol–water partition coefficient (Wildman–Crippen LogP) is 6.07. The second-order valence-electron chi connectivity index (χ2n) is 10.6. The van der Waals surface area contributed by atoms with Gasteiger partial charge in [0, 0.05) is 58.5 Å². The van der Waals surface area contributed by atoms with E-state index in [0.29, 0.717) is 18.1 Å². The maximum absolute atomic E-state index is 15.2. The first kappa shape index (κ1) is 25.2. The lowest BCUT2D eigenvalue weighted by Gasteiger charge is -2.35. The number of likely N-dealkylation sites (tertiary alicyclic amines) is 1. The van der Waals surface area contributed by atoms with Gasteiger partial charge in [0.2, 0.25) is 0 Å². The fraction of sp³-hybridized carbons (Fsp3) is 0.481. The summed E-state index contributed by atoms with van der Waals surface area (Å²) >= 11 is 8.10. The van der Waals surface area contributed by atoms with Gasteiger partial charge in [0.1, 0.15) is 11.8 Å². The van der Waals surface area contributed by atoms with Crippen LogP contribution in [-0.2, 0) is 17.8 Å². The van der Waals surface area contributed by atoms with Crippen LogP contribution in [0, 0.1) is 5.92 Å². The Labute approximate surface area is 219 Å². The number of carbonyl (C=O) groups excluding carboxylic acids is 1. The Balaban J connectivity index is 1.48. The normalized spacial score (nSPS) is 20.2. The lowest BCUT2D eigenvalue weighted by atomic mass is 9.93. The fourth-order valence-corrected chi connectivity index (χ4v) is 6.46. The number of hydrogen-bond acceptors (Lipinski definition) is 6. The van der Waals surface area contributed by atoms with Gasteiger partial charge in [-0.15, -0.1) is 11.3 Å². The molecule has 1 aromatic carbocycles. The highest BCUT2D eigenvalue weighted by Gasteiger charge is 2.39. The van der Waals surface area contributed by atoms with E-state index in [1.807, 2.05) is 45.0 Å². The van der Waals surface area contributed by atoms with E-state index in [0.717, 1.165) is 56.9 Å². The average Bonchev–Trinajstić information content (AvgIpc) is 3.40. The number of alkyl halides is 1. The number of nitrogens with zero attached hydrogens (tertiary/aromatic N) is 3. The van der Waals surface area contributed by atoms with Crippen LogP contribution >= 0.6 is 22.9 Å². The van der Waals surface area contributed by atoms with Gasteiger partial charge in [-0.1, -0.05) is 11.6 Å². The van der Waals surface area contributed by atoms with Gasteiger partial charge >= 0.3 is 6.09 Å². The number of hydrogen-bond donors (Lipinski definition) is 1. The van der Waals surface area contributed by atoms with Crippen molar-refractivity contribution in [2.24, 2.45) is 5.92 Å². The zero-order chi connectivity index (χ0) is 25.6. The molecule has 1 saturated heterocycles. The molecule has 2 unspecified atom stereocenters. The Morgan fingerprint density at radius 3 is 2.83 bits per heavy atom. The summed E-state index contributed by atoms with van der Waals surface area (Å²) in [5.74, 6) is -0.313. The molecule has 6 nitrogen and oxygen atoms in total. The number of aliphatic hydroxyl groups excluding tert-OH is 1. The van der Waals surface area contributed by atoms with Crippen LogP contribution in [-0.4, -0.2) is 59.0 Å². The van der Waals surface area contributed by atoms with E-state index in [9.17, 15) is 9.90 Å². The largest absolute Gasteiger partial charge is 0.444 e. The Kier molecular flexibility index (Phi) is 6.87. The zero-order valence-corrected chi connectivity index (χ0v) is 22.3. The molecule has 1 N–H and O–H groups in total. The molecular weight excluding hydrogens is 501 g/mol. The molecule has 1 amide bonds.